The van der Waals surface area contributed by atoms with Gasteiger partial charge in [-0.1, -0.05) is 12.1 Å². The number of anilines is 1. The van der Waals surface area contributed by atoms with Gasteiger partial charge in [0.1, 0.15) is 12.4 Å². The van der Waals surface area contributed by atoms with Gasteiger partial charge in [0.15, 0.2) is 0 Å². The second-order valence-corrected chi connectivity index (χ2v) is 8.34. The number of ether oxygens (including phenoxy) is 1. The highest BCUT2D eigenvalue weighted by molar-refractivity contribution is 7.92. The Labute approximate surface area is 176 Å². The van der Waals surface area contributed by atoms with Crippen LogP contribution in [-0.4, -0.2) is 49.7 Å². The average molecular weight is 441 g/mol. The number of hydrogen-bond donors (Lipinski definition) is 4. The zero-order valence-electron chi connectivity index (χ0n) is 16.2. The van der Waals surface area contributed by atoms with Gasteiger partial charge in [0.2, 0.25) is 10.0 Å². The molecule has 1 heterocycles. The van der Waals surface area contributed by atoms with Crippen LogP contribution < -0.4 is 14.8 Å². The number of aromatic amines is 1. The van der Waals surface area contributed by atoms with Crippen LogP contribution in [0.25, 0.3) is 10.9 Å². The Kier molecular flexibility index (Phi) is 7.86. The van der Waals surface area contributed by atoms with Gasteiger partial charge in [0, 0.05) is 35.9 Å². The Bertz CT molecular complexity index is 1060. The molecule has 10 heteroatoms. The zero-order chi connectivity index (χ0) is 20.1. The number of nitrogens with zero attached hydrogens (tertiary/aromatic N) is 1. The van der Waals surface area contributed by atoms with Crippen LogP contribution in [0, 0.1) is 6.92 Å². The highest BCUT2D eigenvalue weighted by Crippen LogP contribution is 2.21. The third-order valence-corrected chi connectivity index (χ3v) is 4.78. The van der Waals surface area contributed by atoms with Crippen molar-refractivity contribution >= 4 is 39.0 Å². The summed E-state index contributed by atoms with van der Waals surface area (Å²) in [5, 5.41) is 21.6. The summed E-state index contributed by atoms with van der Waals surface area (Å²) in [7, 11) is -3.35. The molecular formula is C19H25ClN4O4S. The van der Waals surface area contributed by atoms with Crippen LogP contribution in [-0.2, 0) is 10.0 Å². The fourth-order valence-electron chi connectivity index (χ4n) is 2.84. The Balaban J connectivity index is 0.00000300. The van der Waals surface area contributed by atoms with Crippen molar-refractivity contribution in [1.29, 1.82) is 0 Å². The van der Waals surface area contributed by atoms with Crippen LogP contribution in [0.2, 0.25) is 0 Å². The van der Waals surface area contributed by atoms with E-state index in [1.54, 1.807) is 24.3 Å². The Morgan fingerprint density at radius 3 is 2.79 bits per heavy atom. The van der Waals surface area contributed by atoms with Crippen LogP contribution in [0.3, 0.4) is 0 Å². The van der Waals surface area contributed by atoms with Crippen molar-refractivity contribution in [2.75, 3.05) is 30.7 Å². The lowest BCUT2D eigenvalue weighted by molar-refractivity contribution is 0.172. The van der Waals surface area contributed by atoms with Gasteiger partial charge < -0.3 is 15.2 Å². The second kappa shape index (κ2) is 9.93. The van der Waals surface area contributed by atoms with E-state index in [0.717, 1.165) is 28.6 Å². The maximum absolute atomic E-state index is 11.3. The first kappa shape index (κ1) is 23.0. The summed E-state index contributed by atoms with van der Waals surface area (Å²) in [4.78, 5) is 0. The molecule has 8 nitrogen and oxygen atoms in total. The van der Waals surface area contributed by atoms with Gasteiger partial charge in [-0.3, -0.25) is 9.82 Å². The van der Waals surface area contributed by atoms with Gasteiger partial charge in [-0.25, -0.2) is 8.42 Å². The van der Waals surface area contributed by atoms with Crippen molar-refractivity contribution in [3.8, 4) is 5.75 Å². The summed E-state index contributed by atoms with van der Waals surface area (Å²) in [5.74, 6) is 0.737. The first-order chi connectivity index (χ1) is 13.3. The fourth-order valence-corrected chi connectivity index (χ4v) is 3.39. The van der Waals surface area contributed by atoms with Crippen molar-refractivity contribution in [3.63, 3.8) is 0 Å². The molecule has 0 aliphatic heterocycles. The summed E-state index contributed by atoms with van der Waals surface area (Å²) in [6.07, 6.45) is 0.326. The molecule has 3 rings (SSSR count). The number of hydrogen-bond acceptors (Lipinski definition) is 6. The number of aliphatic hydroxyl groups excluding tert-OH is 1. The van der Waals surface area contributed by atoms with Crippen molar-refractivity contribution in [2.24, 2.45) is 0 Å². The van der Waals surface area contributed by atoms with Gasteiger partial charge in [-0.05, 0) is 36.8 Å². The molecule has 158 valence electrons. The molecule has 0 fully saturated rings. The van der Waals surface area contributed by atoms with E-state index in [9.17, 15) is 13.5 Å². The van der Waals surface area contributed by atoms with Crippen LogP contribution in [0.15, 0.2) is 42.5 Å². The summed E-state index contributed by atoms with van der Waals surface area (Å²) in [6.45, 7) is 3.29. The number of benzene rings is 2. The molecule has 0 radical (unpaired) electrons. The van der Waals surface area contributed by atoms with Crippen molar-refractivity contribution < 1.29 is 18.3 Å². The van der Waals surface area contributed by atoms with Crippen molar-refractivity contribution in [2.45, 2.75) is 13.0 Å². The number of nitrogens with one attached hydrogen (secondary N) is 3. The summed E-state index contributed by atoms with van der Waals surface area (Å²) in [6, 6.07) is 12.5. The molecule has 2 aromatic carbocycles. The zero-order valence-corrected chi connectivity index (χ0v) is 17.8. The first-order valence-corrected chi connectivity index (χ1v) is 10.7. The van der Waals surface area contributed by atoms with E-state index >= 15 is 0 Å². The van der Waals surface area contributed by atoms with Gasteiger partial charge in [0.05, 0.1) is 17.9 Å². The van der Waals surface area contributed by atoms with E-state index < -0.39 is 16.1 Å². The molecule has 0 saturated heterocycles. The van der Waals surface area contributed by atoms with E-state index in [2.05, 4.69) is 20.2 Å². The molecule has 29 heavy (non-hydrogen) atoms. The minimum atomic E-state index is -3.35. The summed E-state index contributed by atoms with van der Waals surface area (Å²) in [5.41, 5.74) is 2.93. The number of aryl methyl sites for hydroxylation is 1. The molecule has 0 bridgehead atoms. The summed E-state index contributed by atoms with van der Waals surface area (Å²) >= 11 is 0. The number of aliphatic hydroxyl groups is 1. The quantitative estimate of drug-likeness (QED) is 0.379. The fraction of sp³-hybridized carbons (Fsp3) is 0.316. The van der Waals surface area contributed by atoms with Crippen molar-refractivity contribution in [1.82, 2.24) is 15.5 Å². The second-order valence-electron chi connectivity index (χ2n) is 6.60. The molecule has 0 aliphatic rings. The van der Waals surface area contributed by atoms with E-state index in [1.807, 2.05) is 25.1 Å². The summed E-state index contributed by atoms with van der Waals surface area (Å²) < 4.78 is 30.7. The Morgan fingerprint density at radius 1 is 1.24 bits per heavy atom. The third-order valence-electron chi connectivity index (χ3n) is 4.18. The van der Waals surface area contributed by atoms with Crippen molar-refractivity contribution in [3.05, 3.63) is 53.7 Å². The molecule has 0 aliphatic carbocycles. The van der Waals surface area contributed by atoms with Gasteiger partial charge in [-0.15, -0.1) is 12.4 Å². The molecule has 1 unspecified atom stereocenters. The SMILES string of the molecule is Cc1[nH]nc2cc(OCCNCC(O)c3cccc(NS(C)(=O)=O)c3)ccc12.Cl. The van der Waals surface area contributed by atoms with Gasteiger partial charge >= 0.3 is 0 Å². The largest absolute Gasteiger partial charge is 0.492 e. The van der Waals surface area contributed by atoms with Gasteiger partial charge in [-0.2, -0.15) is 5.10 Å². The van der Waals surface area contributed by atoms with Crippen LogP contribution in [0.4, 0.5) is 5.69 Å². The normalized spacial score (nSPS) is 12.4. The monoisotopic (exact) mass is 440 g/mol. The molecule has 3 aromatic rings. The van der Waals surface area contributed by atoms with Crippen LogP contribution >= 0.6 is 12.4 Å². The Hall–Kier alpha value is -2.33. The number of sulfonamides is 1. The lowest BCUT2D eigenvalue weighted by atomic mass is 10.1. The minimum absolute atomic E-state index is 0. The number of halogens is 1. The molecule has 0 amide bonds. The molecule has 1 atom stereocenters. The number of H-pyrrole nitrogens is 1. The minimum Gasteiger partial charge on any atom is -0.492 e. The lowest BCUT2D eigenvalue weighted by Crippen LogP contribution is -2.26. The molecule has 0 spiro atoms. The molecule has 4 N–H and O–H groups in total. The van der Waals surface area contributed by atoms with E-state index in [0.29, 0.717) is 30.9 Å². The molecule has 0 saturated carbocycles. The topological polar surface area (TPSA) is 116 Å². The van der Waals surface area contributed by atoms with E-state index in [4.69, 9.17) is 4.74 Å². The average Bonchev–Trinajstić information content (AvgIpc) is 3.00. The number of rotatable bonds is 9. The van der Waals surface area contributed by atoms with E-state index in [1.165, 1.54) is 0 Å². The lowest BCUT2D eigenvalue weighted by Gasteiger charge is -2.14. The van der Waals surface area contributed by atoms with Gasteiger partial charge in [0.25, 0.3) is 0 Å². The molecule has 1 aromatic heterocycles. The predicted octanol–water partition coefficient (Wildman–Crippen LogP) is 2.37. The molecular weight excluding hydrogens is 416 g/mol. The first-order valence-electron chi connectivity index (χ1n) is 8.86. The smallest absolute Gasteiger partial charge is 0.229 e. The maximum Gasteiger partial charge on any atom is 0.229 e. The highest BCUT2D eigenvalue weighted by atomic mass is 35.5. The number of aromatic nitrogens is 2. The highest BCUT2D eigenvalue weighted by Gasteiger charge is 2.09. The Morgan fingerprint density at radius 2 is 2.03 bits per heavy atom. The maximum atomic E-state index is 11.3. The standard InChI is InChI=1S/C19H24N4O4S.ClH/c1-13-17-7-6-16(11-18(17)22-21-13)27-9-8-20-12-19(24)14-4-3-5-15(10-14)23-28(2,25)26;/h3-7,10-11,19-20,23-24H,8-9,12H2,1-2H3,(H,21,22);1H. The third kappa shape index (κ3) is 6.60. The number of fused-ring (bicyclic) bond motifs is 1. The van der Waals surface area contributed by atoms with Crippen LogP contribution in [0.5, 0.6) is 5.75 Å². The predicted molar refractivity (Wildman–Crippen MR) is 116 cm³/mol. The van der Waals surface area contributed by atoms with E-state index in [-0.39, 0.29) is 12.4 Å². The van der Waals surface area contributed by atoms with Crippen LogP contribution in [0.1, 0.15) is 17.4 Å².